The summed E-state index contributed by atoms with van der Waals surface area (Å²) in [5.74, 6) is 2.61. The fraction of sp³-hybridized carbons (Fsp3) is 0.846. The van der Waals surface area contributed by atoms with Gasteiger partial charge in [0.15, 0.2) is 0 Å². The number of nitrogens with zero attached hydrogens (tertiary/aromatic N) is 2. The maximum Gasteiger partial charge on any atom is 0.0574 e. The monoisotopic (exact) mass is 223 g/mol. The summed E-state index contributed by atoms with van der Waals surface area (Å²) in [4.78, 5) is 5.10. The molecule has 16 heavy (non-hydrogen) atoms. The molecule has 0 amide bonds. The van der Waals surface area contributed by atoms with Crippen LogP contribution in [0.4, 0.5) is 0 Å². The zero-order valence-electron chi connectivity index (χ0n) is 10.9. The molecule has 1 heterocycles. The van der Waals surface area contributed by atoms with Crippen LogP contribution in [0, 0.1) is 12.3 Å². The summed E-state index contributed by atoms with van der Waals surface area (Å²) in [6.45, 7) is 13.2. The number of likely N-dealkylation sites (N-methyl/N-ethyl adjacent to an activating group) is 1. The number of nitrogens with one attached hydrogen (secondary N) is 1. The lowest BCUT2D eigenvalue weighted by Crippen LogP contribution is -2.55. The molecule has 0 spiro atoms. The van der Waals surface area contributed by atoms with Gasteiger partial charge in [0.25, 0.3) is 0 Å². The number of terminal acetylenes is 1. The zero-order valence-corrected chi connectivity index (χ0v) is 10.9. The number of hydrogen-bond acceptors (Lipinski definition) is 3. The highest BCUT2D eigenvalue weighted by atomic mass is 15.3. The van der Waals surface area contributed by atoms with E-state index in [0.717, 1.165) is 6.54 Å². The van der Waals surface area contributed by atoms with Gasteiger partial charge in [0, 0.05) is 38.3 Å². The van der Waals surface area contributed by atoms with Crippen molar-refractivity contribution in [3.63, 3.8) is 0 Å². The van der Waals surface area contributed by atoms with Crippen LogP contribution in [0.25, 0.3) is 0 Å². The van der Waals surface area contributed by atoms with Crippen LogP contribution < -0.4 is 5.32 Å². The van der Waals surface area contributed by atoms with Crippen molar-refractivity contribution in [1.29, 1.82) is 0 Å². The first kappa shape index (κ1) is 13.5. The third-order valence-corrected chi connectivity index (χ3v) is 3.49. The summed E-state index contributed by atoms with van der Waals surface area (Å²) in [6.07, 6.45) is 5.22. The first-order chi connectivity index (χ1) is 7.69. The molecule has 3 nitrogen and oxygen atoms in total. The third kappa shape index (κ3) is 3.79. The van der Waals surface area contributed by atoms with Crippen molar-refractivity contribution >= 4 is 0 Å². The van der Waals surface area contributed by atoms with E-state index < -0.39 is 0 Å². The number of rotatable bonds is 5. The van der Waals surface area contributed by atoms with Crippen molar-refractivity contribution in [1.82, 2.24) is 15.1 Å². The first-order valence-electron chi connectivity index (χ1n) is 6.31. The summed E-state index contributed by atoms with van der Waals surface area (Å²) in [5, 5.41) is 3.28. The van der Waals surface area contributed by atoms with Gasteiger partial charge in [-0.1, -0.05) is 12.8 Å². The summed E-state index contributed by atoms with van der Waals surface area (Å²) in [5.41, 5.74) is 0. The van der Waals surface area contributed by atoms with E-state index in [1.165, 1.54) is 26.2 Å². The van der Waals surface area contributed by atoms with Crippen LogP contribution in [0.5, 0.6) is 0 Å². The van der Waals surface area contributed by atoms with Crippen molar-refractivity contribution in [2.45, 2.75) is 32.9 Å². The second kappa shape index (κ2) is 6.90. The lowest BCUT2D eigenvalue weighted by Gasteiger charge is -2.42. The maximum absolute atomic E-state index is 5.22. The number of hydrogen-bond donors (Lipinski definition) is 1. The van der Waals surface area contributed by atoms with Gasteiger partial charge in [-0.25, -0.2) is 0 Å². The highest BCUT2D eigenvalue weighted by molar-refractivity contribution is 4.88. The van der Waals surface area contributed by atoms with Gasteiger partial charge in [-0.2, -0.15) is 0 Å². The van der Waals surface area contributed by atoms with Gasteiger partial charge in [-0.15, -0.1) is 6.42 Å². The van der Waals surface area contributed by atoms with Crippen LogP contribution in [0.2, 0.25) is 0 Å². The van der Waals surface area contributed by atoms with Crippen molar-refractivity contribution in [3.8, 4) is 12.3 Å². The standard InChI is InChI=1S/C13H25N3/c1-5-7-14-10-12(3)16-9-8-15(6-2)13(4)11-16/h1,12-14H,6-11H2,2-4H3. The Hall–Kier alpha value is -0.560. The molecule has 1 N–H and O–H groups in total. The Kier molecular flexibility index (Phi) is 5.83. The molecule has 0 aromatic carbocycles. The van der Waals surface area contributed by atoms with Crippen LogP contribution in [0.3, 0.4) is 0 Å². The average Bonchev–Trinajstić information content (AvgIpc) is 2.29. The molecule has 1 aliphatic rings. The highest BCUT2D eigenvalue weighted by Gasteiger charge is 2.24. The van der Waals surface area contributed by atoms with Crippen molar-refractivity contribution in [2.75, 3.05) is 39.3 Å². The van der Waals surface area contributed by atoms with Gasteiger partial charge < -0.3 is 5.32 Å². The van der Waals surface area contributed by atoms with Gasteiger partial charge >= 0.3 is 0 Å². The SMILES string of the molecule is C#CCNCC(C)N1CCN(CC)C(C)C1. The molecule has 1 saturated heterocycles. The molecule has 1 fully saturated rings. The van der Waals surface area contributed by atoms with E-state index in [4.69, 9.17) is 6.42 Å². The minimum Gasteiger partial charge on any atom is -0.305 e. The fourth-order valence-corrected chi connectivity index (χ4v) is 2.38. The molecule has 3 heteroatoms. The first-order valence-corrected chi connectivity index (χ1v) is 6.31. The van der Waals surface area contributed by atoms with Crippen LogP contribution in [0.1, 0.15) is 20.8 Å². The minimum absolute atomic E-state index is 0.579. The van der Waals surface area contributed by atoms with Gasteiger partial charge in [-0.05, 0) is 20.4 Å². The van der Waals surface area contributed by atoms with Gasteiger partial charge in [0.05, 0.1) is 6.54 Å². The number of piperazine rings is 1. The molecule has 92 valence electrons. The summed E-state index contributed by atoms with van der Waals surface area (Å²) in [6, 6.07) is 1.25. The van der Waals surface area contributed by atoms with E-state index in [-0.39, 0.29) is 0 Å². The van der Waals surface area contributed by atoms with Crippen LogP contribution in [0.15, 0.2) is 0 Å². The van der Waals surface area contributed by atoms with Crippen molar-refractivity contribution in [3.05, 3.63) is 0 Å². The minimum atomic E-state index is 0.579. The quantitative estimate of drug-likeness (QED) is 0.545. The smallest absolute Gasteiger partial charge is 0.0574 e. The Morgan fingerprint density at radius 2 is 2.25 bits per heavy atom. The lowest BCUT2D eigenvalue weighted by molar-refractivity contribution is 0.0640. The second-order valence-electron chi connectivity index (χ2n) is 4.66. The van der Waals surface area contributed by atoms with E-state index in [9.17, 15) is 0 Å². The molecular weight excluding hydrogens is 198 g/mol. The predicted molar refractivity (Wildman–Crippen MR) is 69.4 cm³/mol. The molecule has 1 aliphatic heterocycles. The Labute approximate surface area is 100 Å². The molecule has 2 unspecified atom stereocenters. The van der Waals surface area contributed by atoms with E-state index in [0.29, 0.717) is 18.6 Å². The molecule has 0 bridgehead atoms. The summed E-state index contributed by atoms with van der Waals surface area (Å²) >= 11 is 0. The normalized spacial score (nSPS) is 25.2. The van der Waals surface area contributed by atoms with E-state index in [1.807, 2.05) is 0 Å². The average molecular weight is 223 g/mol. The van der Waals surface area contributed by atoms with Gasteiger partial charge in [0.1, 0.15) is 0 Å². The van der Waals surface area contributed by atoms with E-state index in [1.54, 1.807) is 0 Å². The highest BCUT2D eigenvalue weighted by Crippen LogP contribution is 2.11. The second-order valence-corrected chi connectivity index (χ2v) is 4.66. The Balaban J connectivity index is 2.30. The lowest BCUT2D eigenvalue weighted by atomic mass is 10.1. The van der Waals surface area contributed by atoms with Crippen LogP contribution in [-0.2, 0) is 0 Å². The predicted octanol–water partition coefficient (Wildman–Crippen LogP) is 0.624. The maximum atomic E-state index is 5.22. The topological polar surface area (TPSA) is 18.5 Å². The molecule has 0 radical (unpaired) electrons. The van der Waals surface area contributed by atoms with Gasteiger partial charge in [0.2, 0.25) is 0 Å². The molecule has 2 atom stereocenters. The van der Waals surface area contributed by atoms with Crippen LogP contribution in [-0.4, -0.2) is 61.2 Å². The van der Waals surface area contributed by atoms with Crippen molar-refractivity contribution < 1.29 is 0 Å². The molecule has 0 aromatic heterocycles. The third-order valence-electron chi connectivity index (χ3n) is 3.49. The largest absolute Gasteiger partial charge is 0.305 e. The zero-order chi connectivity index (χ0) is 12.0. The Morgan fingerprint density at radius 1 is 1.50 bits per heavy atom. The van der Waals surface area contributed by atoms with Crippen LogP contribution >= 0.6 is 0 Å². The summed E-state index contributed by atoms with van der Waals surface area (Å²) in [7, 11) is 0. The molecule has 0 saturated carbocycles. The molecule has 0 aromatic rings. The summed E-state index contributed by atoms with van der Waals surface area (Å²) < 4.78 is 0. The van der Waals surface area contributed by atoms with Gasteiger partial charge in [-0.3, -0.25) is 9.80 Å². The Morgan fingerprint density at radius 3 is 2.81 bits per heavy atom. The van der Waals surface area contributed by atoms with E-state index >= 15 is 0 Å². The van der Waals surface area contributed by atoms with Crippen molar-refractivity contribution in [2.24, 2.45) is 0 Å². The fourth-order valence-electron chi connectivity index (χ4n) is 2.38. The molecular formula is C13H25N3. The molecule has 1 rings (SSSR count). The molecule has 0 aliphatic carbocycles. The van der Waals surface area contributed by atoms with E-state index in [2.05, 4.69) is 41.8 Å². The Bertz CT molecular complexity index is 234.